The summed E-state index contributed by atoms with van der Waals surface area (Å²) in [6.07, 6.45) is 7.75. The van der Waals surface area contributed by atoms with Crippen LogP contribution in [0.4, 0.5) is 0 Å². The fourth-order valence-electron chi connectivity index (χ4n) is 3.89. The molecule has 0 aliphatic carbocycles. The maximum absolute atomic E-state index is 4.60. The van der Waals surface area contributed by atoms with Gasteiger partial charge in [-0.3, -0.25) is 0 Å². The van der Waals surface area contributed by atoms with Gasteiger partial charge in [0.05, 0.1) is 23.8 Å². The van der Waals surface area contributed by atoms with Gasteiger partial charge in [0.2, 0.25) is 0 Å². The van der Waals surface area contributed by atoms with Crippen LogP contribution in [0.15, 0.2) is 122 Å². The summed E-state index contributed by atoms with van der Waals surface area (Å²) in [6.45, 7) is 0. The monoisotopic (exact) mass is 506 g/mol. The Morgan fingerprint density at radius 2 is 0.838 bits per heavy atom. The van der Waals surface area contributed by atoms with E-state index in [0.717, 1.165) is 45.0 Å². The topological polar surface area (TPSA) is 61.4 Å². The molecule has 0 fully saturated rings. The van der Waals surface area contributed by atoms with Crippen LogP contribution in [0.2, 0.25) is 0 Å². The standard InChI is InChI=1S/C30H22N6.K.H/c1-3-7-25(8-4-1)29-21-31-35(33-29)27-17-13-23(14-18-27)11-12-24-15-19-28(20-16-24)36-32-22-30(34-36)26-9-5-2-6-10-26;;/h1-22H;;. The molecular weight excluding hydrogens is 483 g/mol. The Morgan fingerprint density at radius 3 is 1.22 bits per heavy atom. The van der Waals surface area contributed by atoms with Crippen LogP contribution in [0.5, 0.6) is 0 Å². The number of aromatic nitrogens is 6. The number of benzene rings is 4. The van der Waals surface area contributed by atoms with E-state index in [2.05, 4.69) is 56.8 Å². The van der Waals surface area contributed by atoms with Crippen LogP contribution in [0.3, 0.4) is 0 Å². The van der Waals surface area contributed by atoms with Crippen molar-refractivity contribution in [3.05, 3.63) is 133 Å². The summed E-state index contributed by atoms with van der Waals surface area (Å²) in [7, 11) is 0. The van der Waals surface area contributed by atoms with Crippen molar-refractivity contribution in [2.75, 3.05) is 0 Å². The fraction of sp³-hybridized carbons (Fsp3) is 0. The number of nitrogens with zero attached hydrogens (tertiary/aromatic N) is 6. The quantitative estimate of drug-likeness (QED) is 0.215. The average molecular weight is 507 g/mol. The molecule has 0 atom stereocenters. The van der Waals surface area contributed by atoms with Crippen LogP contribution >= 0.6 is 0 Å². The molecule has 6 nitrogen and oxygen atoms in total. The van der Waals surface area contributed by atoms with E-state index in [1.165, 1.54) is 0 Å². The molecule has 0 saturated heterocycles. The summed E-state index contributed by atoms with van der Waals surface area (Å²) in [6, 6.07) is 36.4. The zero-order chi connectivity index (χ0) is 24.2. The van der Waals surface area contributed by atoms with Crippen LogP contribution in [0.1, 0.15) is 11.1 Å². The predicted molar refractivity (Wildman–Crippen MR) is 150 cm³/mol. The molecule has 0 unspecified atom stereocenters. The molecule has 6 rings (SSSR count). The zero-order valence-electron chi connectivity index (χ0n) is 19.4. The predicted octanol–water partition coefficient (Wildman–Crippen LogP) is 5.70. The molecule has 0 radical (unpaired) electrons. The van der Waals surface area contributed by atoms with Crippen LogP contribution in [-0.2, 0) is 0 Å². The zero-order valence-corrected chi connectivity index (χ0v) is 19.4. The summed E-state index contributed by atoms with van der Waals surface area (Å²) >= 11 is 0. The first-order chi connectivity index (χ1) is 17.8. The van der Waals surface area contributed by atoms with Crippen LogP contribution in [0, 0.1) is 0 Å². The summed E-state index contributed by atoms with van der Waals surface area (Å²) in [5.74, 6) is 0. The van der Waals surface area contributed by atoms with E-state index in [1.807, 2.05) is 84.9 Å². The SMILES string of the molecule is C(=Cc1ccc(-n2ncc(-c3ccccc3)n2)cc1)c1ccc(-n2ncc(-c3ccccc3)n2)cc1.[KH]. The molecule has 0 amide bonds. The van der Waals surface area contributed by atoms with Crippen molar-refractivity contribution in [2.45, 2.75) is 0 Å². The van der Waals surface area contributed by atoms with Crippen molar-refractivity contribution >= 4 is 63.5 Å². The molecule has 0 saturated carbocycles. The first-order valence-electron chi connectivity index (χ1n) is 11.7. The van der Waals surface area contributed by atoms with E-state index in [0.29, 0.717) is 0 Å². The summed E-state index contributed by atoms with van der Waals surface area (Å²) in [5, 5.41) is 18.0. The van der Waals surface area contributed by atoms with E-state index in [9.17, 15) is 0 Å². The van der Waals surface area contributed by atoms with E-state index < -0.39 is 0 Å². The van der Waals surface area contributed by atoms with Gasteiger partial charge in [-0.25, -0.2) is 0 Å². The summed E-state index contributed by atoms with van der Waals surface area (Å²) in [4.78, 5) is 3.31. The first kappa shape index (κ1) is 25.2. The van der Waals surface area contributed by atoms with E-state index in [-0.39, 0.29) is 51.4 Å². The molecule has 0 spiro atoms. The molecule has 37 heavy (non-hydrogen) atoms. The van der Waals surface area contributed by atoms with Gasteiger partial charge in [-0.1, -0.05) is 97.1 Å². The summed E-state index contributed by atoms with van der Waals surface area (Å²) < 4.78 is 0. The van der Waals surface area contributed by atoms with Crippen molar-refractivity contribution in [1.29, 1.82) is 0 Å². The van der Waals surface area contributed by atoms with Gasteiger partial charge in [-0.05, 0) is 35.4 Å². The van der Waals surface area contributed by atoms with Gasteiger partial charge in [0, 0.05) is 11.1 Å². The second-order valence-electron chi connectivity index (χ2n) is 8.29. The second kappa shape index (κ2) is 11.7. The molecule has 0 aliphatic rings. The molecule has 2 aromatic heterocycles. The molecule has 174 valence electrons. The molecule has 6 aromatic rings. The van der Waals surface area contributed by atoms with Gasteiger partial charge in [0.1, 0.15) is 11.4 Å². The van der Waals surface area contributed by atoms with E-state index in [4.69, 9.17) is 0 Å². The normalized spacial score (nSPS) is 10.9. The van der Waals surface area contributed by atoms with Crippen molar-refractivity contribution in [3.8, 4) is 33.9 Å². The van der Waals surface area contributed by atoms with Gasteiger partial charge in [-0.2, -0.15) is 19.8 Å². The Hall–Kier alpha value is -3.46. The molecule has 0 bridgehead atoms. The van der Waals surface area contributed by atoms with Crippen molar-refractivity contribution in [1.82, 2.24) is 30.0 Å². The Labute approximate surface area is 257 Å². The maximum atomic E-state index is 4.60. The summed E-state index contributed by atoms with van der Waals surface area (Å²) in [5.41, 5.74) is 7.83. The van der Waals surface area contributed by atoms with Crippen LogP contribution < -0.4 is 0 Å². The average Bonchev–Trinajstić information content (AvgIpc) is 3.65. The third kappa shape index (κ3) is 5.93. The minimum absolute atomic E-state index is 0. The number of hydrogen-bond acceptors (Lipinski definition) is 4. The van der Waals surface area contributed by atoms with Gasteiger partial charge in [-0.15, -0.1) is 10.2 Å². The van der Waals surface area contributed by atoms with Crippen molar-refractivity contribution in [3.63, 3.8) is 0 Å². The van der Waals surface area contributed by atoms with Crippen LogP contribution in [-0.4, -0.2) is 81.4 Å². The van der Waals surface area contributed by atoms with Gasteiger partial charge >= 0.3 is 51.4 Å². The van der Waals surface area contributed by atoms with E-state index >= 15 is 0 Å². The number of hydrogen-bond donors (Lipinski definition) is 0. The van der Waals surface area contributed by atoms with Crippen molar-refractivity contribution in [2.24, 2.45) is 0 Å². The Bertz CT molecular complexity index is 1480. The molecule has 0 aliphatic heterocycles. The number of rotatable bonds is 6. The third-order valence-electron chi connectivity index (χ3n) is 5.84. The molecule has 2 heterocycles. The minimum atomic E-state index is 0. The molecule has 4 aromatic carbocycles. The van der Waals surface area contributed by atoms with E-state index in [1.54, 1.807) is 22.0 Å². The van der Waals surface area contributed by atoms with Gasteiger partial charge in [0.15, 0.2) is 0 Å². The molecule has 0 N–H and O–H groups in total. The first-order valence-corrected chi connectivity index (χ1v) is 11.7. The second-order valence-corrected chi connectivity index (χ2v) is 8.29. The van der Waals surface area contributed by atoms with Gasteiger partial charge in [0.25, 0.3) is 0 Å². The molecular formula is C30H23KN6. The van der Waals surface area contributed by atoms with Crippen molar-refractivity contribution < 1.29 is 0 Å². The Morgan fingerprint density at radius 1 is 0.459 bits per heavy atom. The Kier molecular flexibility index (Phi) is 7.98. The third-order valence-corrected chi connectivity index (χ3v) is 5.84. The van der Waals surface area contributed by atoms with Gasteiger partial charge < -0.3 is 0 Å². The fourth-order valence-corrected chi connectivity index (χ4v) is 3.89. The van der Waals surface area contributed by atoms with Crippen LogP contribution in [0.25, 0.3) is 46.0 Å². The molecule has 7 heteroatoms. The Balaban J connectivity index is 0.00000280.